The van der Waals surface area contributed by atoms with Gasteiger partial charge in [0.1, 0.15) is 0 Å². The minimum atomic E-state index is -0.150. The lowest BCUT2D eigenvalue weighted by molar-refractivity contribution is -0.121. The van der Waals surface area contributed by atoms with Gasteiger partial charge in [0.05, 0.1) is 17.7 Å². The molecule has 1 saturated heterocycles. The molecule has 0 spiro atoms. The molecule has 1 amide bonds. The Morgan fingerprint density at radius 3 is 2.42 bits per heavy atom. The second kappa shape index (κ2) is 8.64. The van der Waals surface area contributed by atoms with Gasteiger partial charge < -0.3 is 5.32 Å². The smallest absolute Gasteiger partial charge is 0.241 e. The molecule has 0 aliphatic carbocycles. The summed E-state index contributed by atoms with van der Waals surface area (Å²) in [7, 11) is 0. The number of amides is 1. The fourth-order valence-corrected chi connectivity index (χ4v) is 3.53. The lowest BCUT2D eigenvalue weighted by atomic mass is 9.89. The first-order valence-electron chi connectivity index (χ1n) is 9.24. The number of anilines is 1. The largest absolute Gasteiger partial charge is 0.325 e. The van der Waals surface area contributed by atoms with Crippen LogP contribution in [0.15, 0.2) is 54.6 Å². The monoisotopic (exact) mass is 347 g/mol. The molecule has 0 bridgehead atoms. The van der Waals surface area contributed by atoms with E-state index in [4.69, 9.17) is 5.26 Å². The zero-order chi connectivity index (χ0) is 18.4. The van der Waals surface area contributed by atoms with Crippen LogP contribution in [0.3, 0.4) is 0 Å². The molecular weight excluding hydrogens is 322 g/mol. The summed E-state index contributed by atoms with van der Waals surface area (Å²) in [6.45, 7) is 3.88. The van der Waals surface area contributed by atoms with E-state index in [1.54, 1.807) is 24.3 Å². The second-order valence-electron chi connectivity index (χ2n) is 7.02. The molecule has 0 unspecified atom stereocenters. The second-order valence-corrected chi connectivity index (χ2v) is 7.02. The summed E-state index contributed by atoms with van der Waals surface area (Å²) >= 11 is 0. The van der Waals surface area contributed by atoms with Crippen LogP contribution >= 0.6 is 0 Å². The number of nitrogens with zero attached hydrogens (tertiary/aromatic N) is 2. The maximum absolute atomic E-state index is 12.5. The van der Waals surface area contributed by atoms with Crippen molar-refractivity contribution in [3.8, 4) is 6.07 Å². The molecule has 4 heteroatoms. The molecule has 4 nitrogen and oxygen atoms in total. The van der Waals surface area contributed by atoms with Crippen molar-refractivity contribution in [1.29, 1.82) is 5.26 Å². The Morgan fingerprint density at radius 1 is 1.15 bits per heavy atom. The van der Waals surface area contributed by atoms with Crippen LogP contribution in [-0.4, -0.2) is 29.9 Å². The molecule has 0 saturated carbocycles. The molecule has 1 aliphatic heterocycles. The van der Waals surface area contributed by atoms with Crippen LogP contribution in [-0.2, 0) is 11.2 Å². The molecule has 0 aromatic heterocycles. The number of benzene rings is 2. The van der Waals surface area contributed by atoms with Gasteiger partial charge in [-0.25, -0.2) is 0 Å². The Hall–Kier alpha value is -2.64. The number of carbonyl (C=O) groups is 1. The average Bonchev–Trinajstić information content (AvgIpc) is 2.69. The highest BCUT2D eigenvalue weighted by molar-refractivity contribution is 5.94. The Kier molecular flexibility index (Phi) is 6.04. The number of carbonyl (C=O) groups excluding carboxylic acids is 1. The summed E-state index contributed by atoms with van der Waals surface area (Å²) in [5.41, 5.74) is 2.73. The van der Waals surface area contributed by atoms with Crippen LogP contribution in [0.4, 0.5) is 5.69 Å². The van der Waals surface area contributed by atoms with Gasteiger partial charge >= 0.3 is 0 Å². The molecule has 1 atom stereocenters. The van der Waals surface area contributed by atoms with E-state index in [9.17, 15) is 4.79 Å². The summed E-state index contributed by atoms with van der Waals surface area (Å²) in [6, 6.07) is 19.6. The SMILES string of the molecule is C[C@H](C(=O)Nc1ccc(C#N)cc1)N1CCC(Cc2ccccc2)CC1. The van der Waals surface area contributed by atoms with Crippen molar-refractivity contribution < 1.29 is 4.79 Å². The third-order valence-electron chi connectivity index (χ3n) is 5.23. The number of nitrogens with one attached hydrogen (secondary N) is 1. The van der Waals surface area contributed by atoms with Gasteiger partial charge in [-0.2, -0.15) is 5.26 Å². The molecule has 134 valence electrons. The molecule has 1 N–H and O–H groups in total. The normalized spacial score (nSPS) is 16.6. The predicted molar refractivity (Wildman–Crippen MR) is 104 cm³/mol. The number of likely N-dealkylation sites (tertiary alicyclic amines) is 1. The zero-order valence-electron chi connectivity index (χ0n) is 15.2. The standard InChI is InChI=1S/C22H25N3O/c1-17(22(26)24-21-9-7-20(16-23)8-10-21)25-13-11-19(12-14-25)15-18-5-3-2-4-6-18/h2-10,17,19H,11-15H2,1H3,(H,24,26)/t17-/m1/s1. The first-order chi connectivity index (χ1) is 12.7. The highest BCUT2D eigenvalue weighted by Crippen LogP contribution is 2.23. The Bertz CT molecular complexity index is 756. The van der Waals surface area contributed by atoms with Crippen molar-refractivity contribution in [2.24, 2.45) is 5.92 Å². The Balaban J connectivity index is 1.48. The quantitative estimate of drug-likeness (QED) is 0.894. The molecule has 2 aromatic rings. The lowest BCUT2D eigenvalue weighted by Crippen LogP contribution is -2.46. The maximum atomic E-state index is 12.5. The molecule has 26 heavy (non-hydrogen) atoms. The van der Waals surface area contributed by atoms with Gasteiger partial charge in [-0.3, -0.25) is 9.69 Å². The first kappa shape index (κ1) is 18.2. The van der Waals surface area contributed by atoms with Crippen molar-refractivity contribution in [3.63, 3.8) is 0 Å². The van der Waals surface area contributed by atoms with Crippen LogP contribution in [0.25, 0.3) is 0 Å². The van der Waals surface area contributed by atoms with Gasteiger partial charge in [-0.1, -0.05) is 30.3 Å². The van der Waals surface area contributed by atoms with Crippen molar-refractivity contribution in [2.45, 2.75) is 32.2 Å². The molecule has 2 aromatic carbocycles. The van der Waals surface area contributed by atoms with Crippen molar-refractivity contribution in [3.05, 3.63) is 65.7 Å². The highest BCUT2D eigenvalue weighted by atomic mass is 16.2. The van der Waals surface area contributed by atoms with E-state index in [2.05, 4.69) is 46.6 Å². The summed E-state index contributed by atoms with van der Waals surface area (Å²) in [4.78, 5) is 14.8. The van der Waals surface area contributed by atoms with Gasteiger partial charge in [-0.15, -0.1) is 0 Å². The summed E-state index contributed by atoms with van der Waals surface area (Å²) in [6.07, 6.45) is 3.38. The van der Waals surface area contributed by atoms with E-state index in [-0.39, 0.29) is 11.9 Å². The molecule has 1 aliphatic rings. The zero-order valence-corrected chi connectivity index (χ0v) is 15.2. The predicted octanol–water partition coefficient (Wildman–Crippen LogP) is 3.84. The number of piperidine rings is 1. The van der Waals surface area contributed by atoms with Crippen LogP contribution < -0.4 is 5.32 Å². The fraction of sp³-hybridized carbons (Fsp3) is 0.364. The first-order valence-corrected chi connectivity index (χ1v) is 9.24. The fourth-order valence-electron chi connectivity index (χ4n) is 3.53. The van der Waals surface area contributed by atoms with E-state index in [0.717, 1.165) is 38.0 Å². The van der Waals surface area contributed by atoms with Gasteiger partial charge in [0, 0.05) is 5.69 Å². The third kappa shape index (κ3) is 4.71. The lowest BCUT2D eigenvalue weighted by Gasteiger charge is -2.35. The van der Waals surface area contributed by atoms with Crippen molar-refractivity contribution in [1.82, 2.24) is 4.90 Å². The molecular formula is C22H25N3O. The summed E-state index contributed by atoms with van der Waals surface area (Å²) in [5, 5.41) is 11.8. The Labute approximate surface area is 155 Å². The molecule has 3 rings (SSSR count). The van der Waals surface area contributed by atoms with E-state index in [1.165, 1.54) is 5.56 Å². The van der Waals surface area contributed by atoms with Crippen LogP contribution in [0, 0.1) is 17.2 Å². The van der Waals surface area contributed by atoms with E-state index < -0.39 is 0 Å². The van der Waals surface area contributed by atoms with Crippen LogP contribution in [0.2, 0.25) is 0 Å². The third-order valence-corrected chi connectivity index (χ3v) is 5.23. The molecule has 0 radical (unpaired) electrons. The van der Waals surface area contributed by atoms with Gasteiger partial charge in [-0.05, 0) is 75.0 Å². The summed E-state index contributed by atoms with van der Waals surface area (Å²) in [5.74, 6) is 0.707. The number of hydrogen-bond donors (Lipinski definition) is 1. The van der Waals surface area contributed by atoms with Crippen molar-refractivity contribution in [2.75, 3.05) is 18.4 Å². The van der Waals surface area contributed by atoms with E-state index >= 15 is 0 Å². The highest BCUT2D eigenvalue weighted by Gasteiger charge is 2.26. The maximum Gasteiger partial charge on any atom is 0.241 e. The summed E-state index contributed by atoms with van der Waals surface area (Å²) < 4.78 is 0. The van der Waals surface area contributed by atoms with Gasteiger partial charge in [0.25, 0.3) is 0 Å². The number of hydrogen-bond acceptors (Lipinski definition) is 3. The van der Waals surface area contributed by atoms with Crippen LogP contribution in [0.5, 0.6) is 0 Å². The van der Waals surface area contributed by atoms with E-state index in [0.29, 0.717) is 11.5 Å². The minimum Gasteiger partial charge on any atom is -0.325 e. The van der Waals surface area contributed by atoms with Crippen molar-refractivity contribution >= 4 is 11.6 Å². The molecule has 1 heterocycles. The number of rotatable bonds is 5. The number of nitriles is 1. The Morgan fingerprint density at radius 2 is 1.81 bits per heavy atom. The average molecular weight is 347 g/mol. The topological polar surface area (TPSA) is 56.1 Å². The van der Waals surface area contributed by atoms with Gasteiger partial charge in [0.15, 0.2) is 0 Å². The minimum absolute atomic E-state index is 0.0104. The van der Waals surface area contributed by atoms with Gasteiger partial charge in [0.2, 0.25) is 5.91 Å². The van der Waals surface area contributed by atoms with E-state index in [1.807, 2.05) is 6.92 Å². The van der Waals surface area contributed by atoms with Crippen LogP contribution in [0.1, 0.15) is 30.9 Å². The molecule has 1 fully saturated rings.